The highest BCUT2D eigenvalue weighted by Crippen LogP contribution is 2.36. The van der Waals surface area contributed by atoms with Crippen LogP contribution in [0, 0.1) is 5.92 Å². The first kappa shape index (κ1) is 13.2. The summed E-state index contributed by atoms with van der Waals surface area (Å²) in [7, 11) is 1.67. The molecule has 1 aromatic heterocycles. The predicted molar refractivity (Wildman–Crippen MR) is 70.3 cm³/mol. The maximum absolute atomic E-state index is 12.5. The van der Waals surface area contributed by atoms with Crippen molar-refractivity contribution < 1.29 is 9.53 Å². The van der Waals surface area contributed by atoms with Crippen molar-refractivity contribution in [1.82, 2.24) is 4.98 Å². The van der Waals surface area contributed by atoms with E-state index in [4.69, 9.17) is 4.74 Å². The number of rotatable bonds is 4. The van der Waals surface area contributed by atoms with E-state index in [9.17, 15) is 4.79 Å². The Morgan fingerprint density at radius 2 is 2.44 bits per heavy atom. The molecule has 0 aromatic carbocycles. The quantitative estimate of drug-likeness (QED) is 0.821. The van der Waals surface area contributed by atoms with E-state index in [2.05, 4.69) is 11.9 Å². The summed E-state index contributed by atoms with van der Waals surface area (Å²) in [6.07, 6.45) is 7.89. The molecular formula is C15H21NO2. The largest absolute Gasteiger partial charge is 0.370 e. The Morgan fingerprint density at radius 1 is 1.61 bits per heavy atom. The predicted octanol–water partition coefficient (Wildman–Crippen LogP) is 2.79. The minimum atomic E-state index is -0.562. The van der Waals surface area contributed by atoms with E-state index < -0.39 is 5.60 Å². The molecule has 2 atom stereocenters. The van der Waals surface area contributed by atoms with Crippen LogP contribution in [-0.2, 0) is 16.0 Å². The van der Waals surface area contributed by atoms with Gasteiger partial charge < -0.3 is 4.74 Å². The second-order valence-electron chi connectivity index (χ2n) is 5.36. The summed E-state index contributed by atoms with van der Waals surface area (Å²) in [5.41, 5.74) is 0.408. The number of ketones is 1. The van der Waals surface area contributed by atoms with Gasteiger partial charge in [0.05, 0.1) is 0 Å². The van der Waals surface area contributed by atoms with Crippen molar-refractivity contribution in [3.05, 3.63) is 30.1 Å². The van der Waals surface area contributed by atoms with E-state index in [-0.39, 0.29) is 5.78 Å². The second kappa shape index (κ2) is 5.61. The van der Waals surface area contributed by atoms with Crippen molar-refractivity contribution in [2.24, 2.45) is 5.92 Å². The van der Waals surface area contributed by atoms with Gasteiger partial charge in [0.25, 0.3) is 0 Å². The van der Waals surface area contributed by atoms with Crippen LogP contribution in [0.4, 0.5) is 0 Å². The molecule has 18 heavy (non-hydrogen) atoms. The number of carbonyl (C=O) groups excluding carboxylic acids is 1. The number of methoxy groups -OCH3 is 1. The van der Waals surface area contributed by atoms with Crippen molar-refractivity contribution >= 4 is 5.78 Å². The number of Topliss-reactive ketones (excluding diaryl/α,β-unsaturated/α-hetero) is 1. The lowest BCUT2D eigenvalue weighted by Crippen LogP contribution is -2.45. The third-order valence-electron chi connectivity index (χ3n) is 3.94. The van der Waals surface area contributed by atoms with E-state index in [1.54, 1.807) is 19.5 Å². The fourth-order valence-corrected chi connectivity index (χ4v) is 2.90. The van der Waals surface area contributed by atoms with Gasteiger partial charge in [0.15, 0.2) is 5.78 Å². The maximum Gasteiger partial charge on any atom is 0.169 e. The molecule has 1 aliphatic carbocycles. The van der Waals surface area contributed by atoms with Gasteiger partial charge in [-0.3, -0.25) is 9.78 Å². The van der Waals surface area contributed by atoms with Gasteiger partial charge in [0.1, 0.15) is 5.60 Å². The first-order chi connectivity index (χ1) is 8.66. The van der Waals surface area contributed by atoms with Crippen molar-refractivity contribution in [2.45, 2.75) is 44.6 Å². The summed E-state index contributed by atoms with van der Waals surface area (Å²) in [6.45, 7) is 2.20. The van der Waals surface area contributed by atoms with Crippen molar-refractivity contribution in [1.29, 1.82) is 0 Å². The number of aromatic nitrogens is 1. The summed E-state index contributed by atoms with van der Waals surface area (Å²) in [4.78, 5) is 16.6. The molecule has 98 valence electrons. The van der Waals surface area contributed by atoms with Crippen LogP contribution in [0.25, 0.3) is 0 Å². The molecule has 1 aliphatic rings. The number of nitrogens with zero attached hydrogens (tertiary/aromatic N) is 1. The Hall–Kier alpha value is -1.22. The minimum Gasteiger partial charge on any atom is -0.370 e. The third kappa shape index (κ3) is 2.78. The molecule has 1 saturated carbocycles. The Labute approximate surface area is 109 Å². The molecule has 0 saturated heterocycles. The van der Waals surface area contributed by atoms with Gasteiger partial charge in [0.2, 0.25) is 0 Å². The first-order valence-corrected chi connectivity index (χ1v) is 6.63. The zero-order valence-electron chi connectivity index (χ0n) is 11.2. The molecule has 3 heteroatoms. The van der Waals surface area contributed by atoms with E-state index in [0.717, 1.165) is 24.8 Å². The normalized spacial score (nSPS) is 28.0. The zero-order chi connectivity index (χ0) is 13.0. The second-order valence-corrected chi connectivity index (χ2v) is 5.36. The summed E-state index contributed by atoms with van der Waals surface area (Å²) in [6, 6.07) is 3.81. The van der Waals surface area contributed by atoms with Crippen molar-refractivity contribution in [3.8, 4) is 0 Å². The smallest absolute Gasteiger partial charge is 0.169 e. The molecule has 0 aliphatic heterocycles. The summed E-state index contributed by atoms with van der Waals surface area (Å²) in [5, 5.41) is 0. The Bertz CT molecular complexity index is 404. The van der Waals surface area contributed by atoms with E-state index in [1.807, 2.05) is 12.1 Å². The number of carbonyl (C=O) groups is 1. The highest BCUT2D eigenvalue weighted by Gasteiger charge is 2.41. The number of ether oxygens (including phenoxy) is 1. The molecule has 2 unspecified atom stereocenters. The average molecular weight is 247 g/mol. The van der Waals surface area contributed by atoms with Gasteiger partial charge in [-0.05, 0) is 36.8 Å². The van der Waals surface area contributed by atoms with Gasteiger partial charge in [-0.25, -0.2) is 0 Å². The summed E-state index contributed by atoms with van der Waals surface area (Å²) < 4.78 is 5.61. The van der Waals surface area contributed by atoms with Crippen LogP contribution in [0.5, 0.6) is 0 Å². The number of hydrogen-bond donors (Lipinski definition) is 0. The number of hydrogen-bond acceptors (Lipinski definition) is 3. The molecule has 2 rings (SSSR count). The number of pyridine rings is 1. The van der Waals surface area contributed by atoms with E-state index >= 15 is 0 Å². The molecule has 1 fully saturated rings. The SMILES string of the molecule is COC1(C(=O)Cc2cccnc2)CCCC(C)C1. The van der Waals surface area contributed by atoms with Crippen LogP contribution in [0.1, 0.15) is 38.2 Å². The molecule has 0 radical (unpaired) electrons. The molecular weight excluding hydrogens is 226 g/mol. The van der Waals surface area contributed by atoms with E-state index in [0.29, 0.717) is 12.3 Å². The average Bonchev–Trinajstić information content (AvgIpc) is 2.39. The molecule has 0 amide bonds. The minimum absolute atomic E-state index is 0.199. The monoisotopic (exact) mass is 247 g/mol. The molecule has 1 aromatic rings. The molecule has 3 nitrogen and oxygen atoms in total. The van der Waals surface area contributed by atoms with Gasteiger partial charge in [-0.15, -0.1) is 0 Å². The Morgan fingerprint density at radius 3 is 3.06 bits per heavy atom. The molecule has 1 heterocycles. The zero-order valence-corrected chi connectivity index (χ0v) is 11.2. The van der Waals surface area contributed by atoms with Crippen LogP contribution in [-0.4, -0.2) is 23.5 Å². The van der Waals surface area contributed by atoms with E-state index in [1.165, 1.54) is 6.42 Å². The maximum atomic E-state index is 12.5. The van der Waals surface area contributed by atoms with Crippen LogP contribution in [0.3, 0.4) is 0 Å². The topological polar surface area (TPSA) is 39.2 Å². The summed E-state index contributed by atoms with van der Waals surface area (Å²) in [5.74, 6) is 0.765. The van der Waals surface area contributed by atoms with Crippen LogP contribution < -0.4 is 0 Å². The fraction of sp³-hybridized carbons (Fsp3) is 0.600. The molecule has 0 spiro atoms. The van der Waals surface area contributed by atoms with Gasteiger partial charge in [-0.1, -0.05) is 19.4 Å². The molecule has 0 N–H and O–H groups in total. The lowest BCUT2D eigenvalue weighted by molar-refractivity contribution is -0.146. The molecule has 0 bridgehead atoms. The Kier molecular flexibility index (Phi) is 4.12. The van der Waals surface area contributed by atoms with Crippen LogP contribution in [0.15, 0.2) is 24.5 Å². The summed E-state index contributed by atoms with van der Waals surface area (Å²) >= 11 is 0. The van der Waals surface area contributed by atoms with Crippen LogP contribution >= 0.6 is 0 Å². The van der Waals surface area contributed by atoms with Gasteiger partial charge in [-0.2, -0.15) is 0 Å². The van der Waals surface area contributed by atoms with Gasteiger partial charge >= 0.3 is 0 Å². The highest BCUT2D eigenvalue weighted by atomic mass is 16.5. The highest BCUT2D eigenvalue weighted by molar-refractivity contribution is 5.89. The van der Waals surface area contributed by atoms with Crippen molar-refractivity contribution in [3.63, 3.8) is 0 Å². The van der Waals surface area contributed by atoms with Crippen molar-refractivity contribution in [2.75, 3.05) is 7.11 Å². The fourth-order valence-electron chi connectivity index (χ4n) is 2.90. The first-order valence-electron chi connectivity index (χ1n) is 6.63. The standard InChI is InChI=1S/C15H21NO2/c1-12-5-3-7-15(10-12,18-2)14(17)9-13-6-4-8-16-11-13/h4,6,8,11-12H,3,5,7,9-10H2,1-2H3. The van der Waals surface area contributed by atoms with Crippen LogP contribution in [0.2, 0.25) is 0 Å². The third-order valence-corrected chi connectivity index (χ3v) is 3.94. The lowest BCUT2D eigenvalue weighted by atomic mass is 9.75. The lowest BCUT2D eigenvalue weighted by Gasteiger charge is -2.37. The Balaban J connectivity index is 2.10. The van der Waals surface area contributed by atoms with Gasteiger partial charge in [0, 0.05) is 25.9 Å².